The number of ether oxygens (including phenoxy) is 1. The number of benzene rings is 4. The van der Waals surface area contributed by atoms with E-state index in [1.54, 1.807) is 18.2 Å². The van der Waals surface area contributed by atoms with Gasteiger partial charge in [0.1, 0.15) is 23.0 Å². The number of carbonyl (C=O) groups excluding carboxylic acids is 2. The molecule has 0 fully saturated rings. The Hall–Kier alpha value is -4.76. The number of phenols is 2. The van der Waals surface area contributed by atoms with E-state index in [0.29, 0.717) is 33.9 Å². The molecule has 1 aliphatic heterocycles. The molecule has 1 amide bonds. The molecule has 196 valence electrons. The number of aromatic hydroxyl groups is 2. The number of nitrogens with one attached hydrogen (secondary N) is 1. The zero-order valence-corrected chi connectivity index (χ0v) is 21.3. The first-order valence-corrected chi connectivity index (χ1v) is 13.0. The second-order valence-corrected chi connectivity index (χ2v) is 9.95. The summed E-state index contributed by atoms with van der Waals surface area (Å²) >= 11 is 1.08. The highest BCUT2D eigenvalue weighted by atomic mass is 32.2. The van der Waals surface area contributed by atoms with Crippen molar-refractivity contribution in [3.8, 4) is 23.0 Å². The molecule has 4 N–H and O–H groups in total. The molecule has 1 aliphatic rings. The van der Waals surface area contributed by atoms with Crippen molar-refractivity contribution in [3.05, 3.63) is 118 Å². The lowest BCUT2D eigenvalue weighted by Gasteiger charge is -2.30. The predicted octanol–water partition coefficient (Wildman–Crippen LogP) is 5.27. The van der Waals surface area contributed by atoms with Gasteiger partial charge in [-0.3, -0.25) is 9.59 Å². The number of carboxylic acid groups (broad SMARTS) is 1. The lowest BCUT2D eigenvalue weighted by atomic mass is 9.80. The van der Waals surface area contributed by atoms with Crippen molar-refractivity contribution >= 4 is 28.8 Å². The average Bonchev–Trinajstić information content (AvgIpc) is 2.93. The average molecular weight is 542 g/mol. The summed E-state index contributed by atoms with van der Waals surface area (Å²) in [5.41, 5.74) is 2.73. The lowest BCUT2D eigenvalue weighted by Crippen LogP contribution is -2.30. The van der Waals surface area contributed by atoms with Crippen molar-refractivity contribution in [2.45, 2.75) is 11.7 Å². The van der Waals surface area contributed by atoms with Gasteiger partial charge >= 0.3 is 5.97 Å². The topological polar surface area (TPSA) is 133 Å². The van der Waals surface area contributed by atoms with Gasteiger partial charge in [0.05, 0.1) is 12.1 Å². The standard InChI is InChI=1S/C30H23NO7S/c32-19-7-10-22-25(13-19)38-26-14-20(33)8-11-23(26)28(22)21-9-6-18(30(36)37)12-24(21)29(35)31-15-27(34)39-16-17-4-2-1-3-5-17/h1-14,28,32-33H,15-16H2,(H,31,35)(H,36,37). The Balaban J connectivity index is 1.48. The highest BCUT2D eigenvalue weighted by Crippen LogP contribution is 2.49. The fourth-order valence-corrected chi connectivity index (χ4v) is 5.19. The van der Waals surface area contributed by atoms with Crippen LogP contribution in [0.4, 0.5) is 0 Å². The smallest absolute Gasteiger partial charge is 0.335 e. The van der Waals surface area contributed by atoms with Crippen LogP contribution in [0.2, 0.25) is 0 Å². The third kappa shape index (κ3) is 5.58. The number of fused-ring (bicyclic) bond motifs is 2. The monoisotopic (exact) mass is 541 g/mol. The molecule has 0 bridgehead atoms. The molecule has 0 aliphatic carbocycles. The first-order chi connectivity index (χ1) is 18.8. The summed E-state index contributed by atoms with van der Waals surface area (Å²) in [6.45, 7) is -0.240. The maximum Gasteiger partial charge on any atom is 0.335 e. The highest BCUT2D eigenvalue weighted by molar-refractivity contribution is 8.13. The Morgan fingerprint density at radius 2 is 1.41 bits per heavy atom. The molecule has 0 saturated heterocycles. The number of carbonyl (C=O) groups is 3. The largest absolute Gasteiger partial charge is 0.508 e. The molecule has 8 nitrogen and oxygen atoms in total. The summed E-state index contributed by atoms with van der Waals surface area (Å²) in [4.78, 5) is 37.7. The molecule has 39 heavy (non-hydrogen) atoms. The number of hydrogen-bond acceptors (Lipinski definition) is 7. The van der Waals surface area contributed by atoms with Crippen molar-refractivity contribution in [2.24, 2.45) is 0 Å². The van der Waals surface area contributed by atoms with Crippen LogP contribution >= 0.6 is 11.8 Å². The highest BCUT2D eigenvalue weighted by Gasteiger charge is 2.32. The summed E-state index contributed by atoms with van der Waals surface area (Å²) in [7, 11) is 0. The molecular weight excluding hydrogens is 518 g/mol. The van der Waals surface area contributed by atoms with Crippen molar-refractivity contribution < 1.29 is 34.4 Å². The molecule has 0 unspecified atom stereocenters. The fraction of sp³-hybridized carbons (Fsp3) is 0.100. The minimum atomic E-state index is -1.20. The third-order valence-corrected chi connectivity index (χ3v) is 7.27. The molecule has 0 radical (unpaired) electrons. The number of aromatic carboxylic acids is 1. The third-order valence-electron chi connectivity index (χ3n) is 6.33. The normalized spacial score (nSPS) is 12.1. The van der Waals surface area contributed by atoms with Gasteiger partial charge in [0.15, 0.2) is 0 Å². The molecule has 9 heteroatoms. The van der Waals surface area contributed by atoms with Gasteiger partial charge in [-0.05, 0) is 35.4 Å². The van der Waals surface area contributed by atoms with Crippen molar-refractivity contribution in [3.63, 3.8) is 0 Å². The van der Waals surface area contributed by atoms with Crippen LogP contribution in [0.1, 0.15) is 48.9 Å². The minimum absolute atomic E-state index is 0.0261. The van der Waals surface area contributed by atoms with E-state index in [-0.39, 0.29) is 34.3 Å². The number of phenolic OH excluding ortho intramolecular Hbond substituents is 2. The van der Waals surface area contributed by atoms with Crippen molar-refractivity contribution in [1.29, 1.82) is 0 Å². The van der Waals surface area contributed by atoms with E-state index in [2.05, 4.69) is 5.32 Å². The maximum atomic E-state index is 13.4. The van der Waals surface area contributed by atoms with E-state index in [1.807, 2.05) is 30.3 Å². The molecule has 4 aromatic rings. The molecular formula is C30H23NO7S. The summed E-state index contributed by atoms with van der Waals surface area (Å²) in [6.07, 6.45) is 0. The first-order valence-electron chi connectivity index (χ1n) is 12.0. The molecule has 5 rings (SSSR count). The van der Waals surface area contributed by atoms with E-state index < -0.39 is 17.8 Å². The Bertz CT molecular complexity index is 1530. The van der Waals surface area contributed by atoms with Crippen LogP contribution in [-0.4, -0.2) is 38.9 Å². The Labute approximate surface area is 227 Å². The van der Waals surface area contributed by atoms with Crippen LogP contribution in [0.3, 0.4) is 0 Å². The van der Waals surface area contributed by atoms with E-state index in [1.165, 1.54) is 36.4 Å². The second-order valence-electron chi connectivity index (χ2n) is 8.92. The molecule has 0 spiro atoms. The molecule has 0 aromatic heterocycles. The summed E-state index contributed by atoms with van der Waals surface area (Å²) < 4.78 is 5.93. The quantitative estimate of drug-likeness (QED) is 0.219. The van der Waals surface area contributed by atoms with Gasteiger partial charge in [0, 0.05) is 40.5 Å². The maximum absolute atomic E-state index is 13.4. The summed E-state index contributed by atoms with van der Waals surface area (Å²) in [5.74, 6) is -1.31. The van der Waals surface area contributed by atoms with Crippen LogP contribution < -0.4 is 10.1 Å². The number of carboxylic acids is 1. The van der Waals surface area contributed by atoms with Gasteiger partial charge < -0.3 is 25.4 Å². The van der Waals surface area contributed by atoms with Crippen LogP contribution in [0.25, 0.3) is 0 Å². The van der Waals surface area contributed by atoms with Gasteiger partial charge in [-0.1, -0.05) is 60.3 Å². The fourth-order valence-electron chi connectivity index (χ4n) is 4.50. The number of thioether (sulfide) groups is 1. The van der Waals surface area contributed by atoms with Gasteiger partial charge in [0.2, 0.25) is 5.12 Å². The zero-order chi connectivity index (χ0) is 27.5. The van der Waals surface area contributed by atoms with Crippen LogP contribution in [0.15, 0.2) is 84.9 Å². The van der Waals surface area contributed by atoms with Gasteiger partial charge in [-0.25, -0.2) is 4.79 Å². The first kappa shape index (κ1) is 25.9. The predicted molar refractivity (Wildman–Crippen MR) is 146 cm³/mol. The van der Waals surface area contributed by atoms with Crippen LogP contribution in [0.5, 0.6) is 23.0 Å². The molecule has 0 saturated carbocycles. The molecule has 1 heterocycles. The Morgan fingerprint density at radius 1 is 0.795 bits per heavy atom. The Kier molecular flexibility index (Phi) is 7.25. The van der Waals surface area contributed by atoms with E-state index in [4.69, 9.17) is 4.74 Å². The minimum Gasteiger partial charge on any atom is -0.508 e. The van der Waals surface area contributed by atoms with E-state index >= 15 is 0 Å². The number of rotatable bonds is 7. The van der Waals surface area contributed by atoms with E-state index in [0.717, 1.165) is 17.3 Å². The summed E-state index contributed by atoms with van der Waals surface area (Å²) in [6, 6.07) is 22.9. The molecule has 0 atom stereocenters. The number of amides is 1. The van der Waals surface area contributed by atoms with Crippen LogP contribution in [-0.2, 0) is 10.5 Å². The zero-order valence-electron chi connectivity index (χ0n) is 20.5. The SMILES string of the molecule is O=C(CNC(=O)c1cc(C(=O)O)ccc1C1c2ccc(O)cc2Oc2cc(O)ccc21)SCc1ccccc1. The van der Waals surface area contributed by atoms with E-state index in [9.17, 15) is 29.7 Å². The van der Waals surface area contributed by atoms with Crippen molar-refractivity contribution in [1.82, 2.24) is 5.32 Å². The molecule has 4 aromatic carbocycles. The van der Waals surface area contributed by atoms with Gasteiger partial charge in [0.25, 0.3) is 5.91 Å². The lowest BCUT2D eigenvalue weighted by molar-refractivity contribution is -0.110. The van der Waals surface area contributed by atoms with Crippen LogP contribution in [0, 0.1) is 0 Å². The second kappa shape index (κ2) is 10.9. The van der Waals surface area contributed by atoms with Gasteiger partial charge in [-0.2, -0.15) is 0 Å². The summed E-state index contributed by atoms with van der Waals surface area (Å²) in [5, 5.41) is 32.1. The number of hydrogen-bond donors (Lipinski definition) is 4. The Morgan fingerprint density at radius 3 is 2.03 bits per heavy atom. The van der Waals surface area contributed by atoms with Crippen molar-refractivity contribution in [2.75, 3.05) is 6.54 Å². The van der Waals surface area contributed by atoms with Gasteiger partial charge in [-0.15, -0.1) is 0 Å².